The molecule has 0 spiro atoms. The van der Waals surface area contributed by atoms with E-state index in [4.69, 9.17) is 0 Å². The van der Waals surface area contributed by atoms with Crippen molar-refractivity contribution >= 4 is 10.2 Å². The van der Waals surface area contributed by atoms with E-state index in [9.17, 15) is 8.42 Å². The lowest BCUT2D eigenvalue weighted by atomic mass is 9.85. The van der Waals surface area contributed by atoms with Crippen molar-refractivity contribution in [2.24, 2.45) is 5.92 Å². The van der Waals surface area contributed by atoms with Crippen LogP contribution in [0.5, 0.6) is 0 Å². The lowest BCUT2D eigenvalue weighted by molar-refractivity contribution is 0.101. The molecule has 2 aliphatic rings. The number of likely N-dealkylation sites (tertiary alicyclic amines) is 1. The average Bonchev–Trinajstić information content (AvgIpc) is 2.52. The van der Waals surface area contributed by atoms with Gasteiger partial charge in [-0.05, 0) is 44.7 Å². The highest BCUT2D eigenvalue weighted by Crippen LogP contribution is 2.29. The Morgan fingerprint density at radius 1 is 1.09 bits per heavy atom. The summed E-state index contributed by atoms with van der Waals surface area (Å²) in [5.41, 5.74) is 0. The van der Waals surface area contributed by atoms with Gasteiger partial charge in [0, 0.05) is 39.3 Å². The molecule has 0 aromatic carbocycles. The molecule has 0 radical (unpaired) electrons. The minimum Gasteiger partial charge on any atom is -0.313 e. The molecule has 6 nitrogen and oxygen atoms in total. The van der Waals surface area contributed by atoms with Crippen molar-refractivity contribution in [3.63, 3.8) is 0 Å². The third kappa shape index (κ3) is 5.98. The molecule has 2 atom stereocenters. The minimum atomic E-state index is -3.29. The Labute approximate surface area is 142 Å². The van der Waals surface area contributed by atoms with Gasteiger partial charge in [0.25, 0.3) is 10.2 Å². The molecule has 0 amide bonds. The van der Waals surface area contributed by atoms with Crippen LogP contribution in [0, 0.1) is 5.92 Å². The smallest absolute Gasteiger partial charge is 0.278 e. The van der Waals surface area contributed by atoms with Crippen molar-refractivity contribution in [3.05, 3.63) is 0 Å². The first kappa shape index (κ1) is 19.1. The summed E-state index contributed by atoms with van der Waals surface area (Å²) >= 11 is 0. The minimum absolute atomic E-state index is 0.445. The van der Waals surface area contributed by atoms with Gasteiger partial charge in [-0.25, -0.2) is 4.72 Å². The monoisotopic (exact) mass is 346 g/mol. The molecule has 0 bridgehead atoms. The maximum atomic E-state index is 11.6. The molecule has 1 heterocycles. The Bertz CT molecular complexity index is 447. The lowest BCUT2D eigenvalue weighted by Gasteiger charge is -2.41. The summed E-state index contributed by atoms with van der Waals surface area (Å²) in [5, 5.41) is 3.49. The van der Waals surface area contributed by atoms with Gasteiger partial charge < -0.3 is 10.2 Å². The highest BCUT2D eigenvalue weighted by atomic mass is 32.2. The van der Waals surface area contributed by atoms with Crippen LogP contribution in [0.2, 0.25) is 0 Å². The molecule has 2 rings (SSSR count). The van der Waals surface area contributed by atoms with Crippen LogP contribution in [0.15, 0.2) is 0 Å². The van der Waals surface area contributed by atoms with Crippen LogP contribution >= 0.6 is 0 Å². The third-order valence-electron chi connectivity index (χ3n) is 5.28. The quantitative estimate of drug-likeness (QED) is 0.676. The normalized spacial score (nSPS) is 28.3. The fourth-order valence-corrected chi connectivity index (χ4v) is 4.41. The average molecular weight is 347 g/mol. The molecule has 2 fully saturated rings. The Balaban J connectivity index is 1.61. The van der Waals surface area contributed by atoms with Crippen LogP contribution < -0.4 is 10.0 Å². The van der Waals surface area contributed by atoms with Gasteiger partial charge in [0.05, 0.1) is 0 Å². The fraction of sp³-hybridized carbons (Fsp3) is 1.00. The van der Waals surface area contributed by atoms with Gasteiger partial charge in [0.2, 0.25) is 0 Å². The van der Waals surface area contributed by atoms with Crippen molar-refractivity contribution in [3.8, 4) is 0 Å². The molecule has 1 saturated carbocycles. The van der Waals surface area contributed by atoms with E-state index in [-0.39, 0.29) is 0 Å². The molecule has 2 N–H and O–H groups in total. The fourth-order valence-electron chi connectivity index (χ4n) is 3.79. The van der Waals surface area contributed by atoms with E-state index in [1.165, 1.54) is 70.0 Å². The number of piperidine rings is 1. The zero-order chi connectivity index (χ0) is 16.9. The zero-order valence-corrected chi connectivity index (χ0v) is 15.7. The molecule has 23 heavy (non-hydrogen) atoms. The maximum Gasteiger partial charge on any atom is 0.278 e. The van der Waals surface area contributed by atoms with Crippen LogP contribution in [-0.2, 0) is 10.2 Å². The Morgan fingerprint density at radius 2 is 1.78 bits per heavy atom. The lowest BCUT2D eigenvalue weighted by Crippen LogP contribution is -2.49. The predicted octanol–water partition coefficient (Wildman–Crippen LogP) is 1.02. The van der Waals surface area contributed by atoms with E-state index in [1.807, 2.05) is 0 Å². The topological polar surface area (TPSA) is 64.7 Å². The molecular weight excluding hydrogens is 312 g/mol. The van der Waals surface area contributed by atoms with Gasteiger partial charge in [-0.15, -0.1) is 0 Å². The van der Waals surface area contributed by atoms with E-state index < -0.39 is 10.2 Å². The number of hydrogen-bond donors (Lipinski definition) is 2. The van der Waals surface area contributed by atoms with E-state index in [2.05, 4.69) is 21.9 Å². The summed E-state index contributed by atoms with van der Waals surface area (Å²) in [6.45, 7) is 5.88. The largest absolute Gasteiger partial charge is 0.313 e. The van der Waals surface area contributed by atoms with Gasteiger partial charge in [0.15, 0.2) is 0 Å². The van der Waals surface area contributed by atoms with Gasteiger partial charge in [-0.1, -0.05) is 19.8 Å². The molecule has 7 heteroatoms. The number of hydrogen-bond acceptors (Lipinski definition) is 4. The molecule has 1 aliphatic carbocycles. The van der Waals surface area contributed by atoms with E-state index in [0.29, 0.717) is 19.1 Å². The SMILES string of the molecule is C[C@@H]1CCC[C@@H](N2CCC(NCCNS(=O)(=O)N(C)C)CC2)C1. The zero-order valence-electron chi connectivity index (χ0n) is 14.9. The number of rotatable bonds is 7. The van der Waals surface area contributed by atoms with E-state index >= 15 is 0 Å². The third-order valence-corrected chi connectivity index (χ3v) is 6.81. The van der Waals surface area contributed by atoms with E-state index in [0.717, 1.165) is 12.0 Å². The second kappa shape index (κ2) is 8.76. The predicted molar refractivity (Wildman–Crippen MR) is 94.6 cm³/mol. The van der Waals surface area contributed by atoms with Gasteiger partial charge in [-0.2, -0.15) is 12.7 Å². The molecule has 1 saturated heterocycles. The van der Waals surface area contributed by atoms with Gasteiger partial charge >= 0.3 is 0 Å². The highest BCUT2D eigenvalue weighted by molar-refractivity contribution is 7.87. The van der Waals surface area contributed by atoms with Crippen LogP contribution in [0.4, 0.5) is 0 Å². The Hall–Kier alpha value is -0.210. The van der Waals surface area contributed by atoms with Crippen LogP contribution in [0.1, 0.15) is 45.4 Å². The van der Waals surface area contributed by atoms with Crippen molar-refractivity contribution < 1.29 is 8.42 Å². The highest BCUT2D eigenvalue weighted by Gasteiger charge is 2.28. The first-order valence-electron chi connectivity index (χ1n) is 9.03. The molecule has 0 aromatic heterocycles. The Kier molecular flexibility index (Phi) is 7.28. The summed E-state index contributed by atoms with van der Waals surface area (Å²) in [4.78, 5) is 2.68. The molecule has 0 aromatic rings. The summed E-state index contributed by atoms with van der Waals surface area (Å²) in [5.74, 6) is 0.884. The van der Waals surface area contributed by atoms with Gasteiger partial charge in [-0.3, -0.25) is 0 Å². The molecule has 0 unspecified atom stereocenters. The van der Waals surface area contributed by atoms with Crippen LogP contribution in [0.3, 0.4) is 0 Å². The summed E-state index contributed by atoms with van der Waals surface area (Å²) in [6.07, 6.45) is 7.86. The second-order valence-corrected chi connectivity index (χ2v) is 9.34. The summed E-state index contributed by atoms with van der Waals surface area (Å²) in [6, 6.07) is 1.32. The first-order valence-corrected chi connectivity index (χ1v) is 10.5. The summed E-state index contributed by atoms with van der Waals surface area (Å²) in [7, 11) is -0.216. The van der Waals surface area contributed by atoms with Crippen LogP contribution in [-0.4, -0.2) is 70.0 Å². The molecule has 136 valence electrons. The second-order valence-electron chi connectivity index (χ2n) is 7.37. The van der Waals surface area contributed by atoms with Crippen molar-refractivity contribution in [2.45, 2.75) is 57.5 Å². The summed E-state index contributed by atoms with van der Waals surface area (Å²) < 4.78 is 27.0. The molecular formula is C16H34N4O2S. The van der Waals surface area contributed by atoms with Crippen LogP contribution in [0.25, 0.3) is 0 Å². The number of nitrogens with zero attached hydrogens (tertiary/aromatic N) is 2. The first-order chi connectivity index (χ1) is 10.9. The molecule has 1 aliphatic heterocycles. The standard InChI is InChI=1S/C16H34N4O2S/c1-14-5-4-6-16(13-14)20-11-7-15(8-12-20)17-9-10-18-23(21,22)19(2)3/h14-18H,4-13H2,1-3H3/t14-,16-/m1/s1. The van der Waals surface area contributed by atoms with E-state index in [1.54, 1.807) is 0 Å². The maximum absolute atomic E-state index is 11.6. The Morgan fingerprint density at radius 3 is 2.39 bits per heavy atom. The van der Waals surface area contributed by atoms with Crippen molar-refractivity contribution in [2.75, 3.05) is 40.3 Å². The van der Waals surface area contributed by atoms with Crippen molar-refractivity contribution in [1.29, 1.82) is 0 Å². The number of nitrogens with one attached hydrogen (secondary N) is 2. The van der Waals surface area contributed by atoms with Crippen molar-refractivity contribution in [1.82, 2.24) is 19.2 Å². The van der Waals surface area contributed by atoms with Gasteiger partial charge in [0.1, 0.15) is 0 Å².